The van der Waals surface area contributed by atoms with Gasteiger partial charge in [0.05, 0.1) is 16.0 Å². The van der Waals surface area contributed by atoms with E-state index < -0.39 is 0 Å². The molecule has 1 aliphatic heterocycles. The van der Waals surface area contributed by atoms with Gasteiger partial charge in [-0.05, 0) is 37.4 Å². The van der Waals surface area contributed by atoms with Crippen molar-refractivity contribution in [2.24, 2.45) is 5.92 Å². The molecule has 0 saturated carbocycles. The number of carbonyl (C=O) groups is 1. The third-order valence-corrected chi connectivity index (χ3v) is 4.25. The Bertz CT molecular complexity index is 448. The van der Waals surface area contributed by atoms with Crippen LogP contribution >= 0.6 is 35.6 Å². The molecule has 2 rings (SSSR count). The monoisotopic (exact) mass is 336 g/mol. The molecule has 0 aliphatic carbocycles. The number of carbonyl (C=O) groups excluding carboxylic acids is 1. The molecule has 1 heterocycles. The van der Waals surface area contributed by atoms with Crippen LogP contribution in [0.3, 0.4) is 0 Å². The molecule has 112 valence electrons. The molecule has 3 nitrogen and oxygen atoms in total. The SMILES string of the molecule is Cl.O=C(NCCc1cccc(Cl)c1Cl)C1CCCNC1. The number of nitrogens with one attached hydrogen (secondary N) is 2. The largest absolute Gasteiger partial charge is 0.355 e. The van der Waals surface area contributed by atoms with E-state index in [1.165, 1.54) is 0 Å². The lowest BCUT2D eigenvalue weighted by atomic mass is 9.99. The Labute approximate surface area is 135 Å². The second kappa shape index (κ2) is 8.73. The summed E-state index contributed by atoms with van der Waals surface area (Å²) < 4.78 is 0. The predicted molar refractivity (Wildman–Crippen MR) is 86.0 cm³/mol. The molecule has 1 aliphatic rings. The van der Waals surface area contributed by atoms with E-state index in [0.29, 0.717) is 23.0 Å². The molecule has 1 aromatic carbocycles. The summed E-state index contributed by atoms with van der Waals surface area (Å²) in [6.07, 6.45) is 2.74. The number of hydrogen-bond donors (Lipinski definition) is 2. The van der Waals surface area contributed by atoms with Crippen LogP contribution in [0.4, 0.5) is 0 Å². The van der Waals surface area contributed by atoms with E-state index in [1.54, 1.807) is 6.07 Å². The number of halogens is 3. The van der Waals surface area contributed by atoms with Crippen molar-refractivity contribution in [2.75, 3.05) is 19.6 Å². The maximum absolute atomic E-state index is 11.9. The third kappa shape index (κ3) is 4.81. The number of hydrogen-bond acceptors (Lipinski definition) is 2. The first-order valence-electron chi connectivity index (χ1n) is 6.60. The Morgan fingerprint density at radius 3 is 2.90 bits per heavy atom. The highest BCUT2D eigenvalue weighted by atomic mass is 35.5. The van der Waals surface area contributed by atoms with Gasteiger partial charge in [-0.25, -0.2) is 0 Å². The topological polar surface area (TPSA) is 41.1 Å². The zero-order valence-electron chi connectivity index (χ0n) is 11.1. The van der Waals surface area contributed by atoms with Crippen molar-refractivity contribution in [1.82, 2.24) is 10.6 Å². The average Bonchev–Trinajstić information content (AvgIpc) is 2.44. The lowest BCUT2D eigenvalue weighted by molar-refractivity contribution is -0.125. The minimum absolute atomic E-state index is 0. The fraction of sp³-hybridized carbons (Fsp3) is 0.500. The fourth-order valence-corrected chi connectivity index (χ4v) is 2.70. The normalized spacial score (nSPS) is 18.2. The number of rotatable bonds is 4. The van der Waals surface area contributed by atoms with Crippen molar-refractivity contribution in [3.63, 3.8) is 0 Å². The third-order valence-electron chi connectivity index (χ3n) is 3.39. The van der Waals surface area contributed by atoms with Crippen LogP contribution in [0.5, 0.6) is 0 Å². The van der Waals surface area contributed by atoms with E-state index in [-0.39, 0.29) is 24.2 Å². The lowest BCUT2D eigenvalue weighted by Crippen LogP contribution is -2.41. The van der Waals surface area contributed by atoms with Crippen LogP contribution in [0.2, 0.25) is 10.0 Å². The van der Waals surface area contributed by atoms with Gasteiger partial charge in [-0.3, -0.25) is 4.79 Å². The van der Waals surface area contributed by atoms with Gasteiger partial charge >= 0.3 is 0 Å². The van der Waals surface area contributed by atoms with Crippen molar-refractivity contribution in [3.05, 3.63) is 33.8 Å². The first-order valence-corrected chi connectivity index (χ1v) is 7.35. The number of piperidine rings is 1. The number of benzene rings is 1. The number of amides is 1. The molecule has 20 heavy (non-hydrogen) atoms. The molecule has 1 fully saturated rings. The molecule has 6 heteroatoms. The van der Waals surface area contributed by atoms with Gasteiger partial charge in [-0.2, -0.15) is 0 Å². The minimum atomic E-state index is 0. The van der Waals surface area contributed by atoms with Crippen molar-refractivity contribution in [1.29, 1.82) is 0 Å². The van der Waals surface area contributed by atoms with Gasteiger partial charge in [0.2, 0.25) is 5.91 Å². The molecular weight excluding hydrogens is 319 g/mol. The summed E-state index contributed by atoms with van der Waals surface area (Å²) in [7, 11) is 0. The minimum Gasteiger partial charge on any atom is -0.355 e. The predicted octanol–water partition coefficient (Wildman–Crippen LogP) is 3.07. The Hall–Kier alpha value is -0.480. The summed E-state index contributed by atoms with van der Waals surface area (Å²) >= 11 is 12.1. The van der Waals surface area contributed by atoms with Gasteiger partial charge in [-0.15, -0.1) is 12.4 Å². The van der Waals surface area contributed by atoms with Crippen LogP contribution in [0.25, 0.3) is 0 Å². The first-order chi connectivity index (χ1) is 9.18. The Morgan fingerprint density at radius 1 is 1.40 bits per heavy atom. The second-order valence-corrected chi connectivity index (χ2v) is 5.58. The summed E-state index contributed by atoms with van der Waals surface area (Å²) in [5.41, 5.74) is 0.969. The zero-order chi connectivity index (χ0) is 13.7. The molecule has 0 radical (unpaired) electrons. The van der Waals surface area contributed by atoms with Crippen LogP contribution in [0, 0.1) is 5.92 Å². The molecule has 1 saturated heterocycles. The van der Waals surface area contributed by atoms with Gasteiger partial charge in [0.15, 0.2) is 0 Å². The summed E-state index contributed by atoms with van der Waals surface area (Å²) in [4.78, 5) is 11.9. The van der Waals surface area contributed by atoms with Crippen molar-refractivity contribution in [2.45, 2.75) is 19.3 Å². The van der Waals surface area contributed by atoms with Gasteiger partial charge in [-0.1, -0.05) is 35.3 Å². The Balaban J connectivity index is 0.00000200. The van der Waals surface area contributed by atoms with Gasteiger partial charge < -0.3 is 10.6 Å². The van der Waals surface area contributed by atoms with Crippen LogP contribution in [0.1, 0.15) is 18.4 Å². The van der Waals surface area contributed by atoms with Gasteiger partial charge in [0.25, 0.3) is 0 Å². The lowest BCUT2D eigenvalue weighted by Gasteiger charge is -2.21. The first kappa shape index (κ1) is 17.6. The summed E-state index contributed by atoms with van der Waals surface area (Å²) in [6, 6.07) is 5.57. The molecule has 0 aromatic heterocycles. The van der Waals surface area contributed by atoms with Crippen LogP contribution in [-0.2, 0) is 11.2 Å². The van der Waals surface area contributed by atoms with E-state index in [4.69, 9.17) is 23.2 Å². The molecule has 1 atom stereocenters. The highest BCUT2D eigenvalue weighted by molar-refractivity contribution is 6.42. The average molecular weight is 338 g/mol. The van der Waals surface area contributed by atoms with Gasteiger partial charge in [0.1, 0.15) is 0 Å². The standard InChI is InChI=1S/C14H18Cl2N2O.ClH/c15-12-5-1-3-10(13(12)16)6-8-18-14(19)11-4-2-7-17-9-11;/h1,3,5,11,17H,2,4,6-9H2,(H,18,19);1H. The van der Waals surface area contributed by atoms with E-state index in [2.05, 4.69) is 10.6 Å². The molecule has 0 spiro atoms. The van der Waals surface area contributed by atoms with E-state index in [0.717, 1.165) is 31.5 Å². The quantitative estimate of drug-likeness (QED) is 0.886. The molecular formula is C14H19Cl3N2O. The summed E-state index contributed by atoms with van der Waals surface area (Å²) in [5, 5.41) is 7.35. The zero-order valence-corrected chi connectivity index (χ0v) is 13.5. The maximum Gasteiger partial charge on any atom is 0.224 e. The summed E-state index contributed by atoms with van der Waals surface area (Å²) in [5.74, 6) is 0.230. The smallest absolute Gasteiger partial charge is 0.224 e. The van der Waals surface area contributed by atoms with Crippen molar-refractivity contribution >= 4 is 41.5 Å². The molecule has 0 bridgehead atoms. The van der Waals surface area contributed by atoms with Crippen LogP contribution < -0.4 is 10.6 Å². The van der Waals surface area contributed by atoms with E-state index >= 15 is 0 Å². The highest BCUT2D eigenvalue weighted by Gasteiger charge is 2.20. The Morgan fingerprint density at radius 2 is 2.20 bits per heavy atom. The summed E-state index contributed by atoms with van der Waals surface area (Å²) in [6.45, 7) is 2.39. The fourth-order valence-electron chi connectivity index (χ4n) is 2.28. The second-order valence-electron chi connectivity index (χ2n) is 4.80. The van der Waals surface area contributed by atoms with Crippen LogP contribution in [-0.4, -0.2) is 25.5 Å². The van der Waals surface area contributed by atoms with Crippen LogP contribution in [0.15, 0.2) is 18.2 Å². The molecule has 2 N–H and O–H groups in total. The maximum atomic E-state index is 11.9. The van der Waals surface area contributed by atoms with E-state index in [9.17, 15) is 4.79 Å². The van der Waals surface area contributed by atoms with Crippen molar-refractivity contribution < 1.29 is 4.79 Å². The van der Waals surface area contributed by atoms with Crippen molar-refractivity contribution in [3.8, 4) is 0 Å². The Kier molecular flexibility index (Phi) is 7.67. The highest BCUT2D eigenvalue weighted by Crippen LogP contribution is 2.25. The van der Waals surface area contributed by atoms with E-state index in [1.807, 2.05) is 12.1 Å². The molecule has 1 amide bonds. The molecule has 1 aromatic rings. The molecule has 1 unspecified atom stereocenters. The van der Waals surface area contributed by atoms with Gasteiger partial charge in [0, 0.05) is 13.1 Å².